The van der Waals surface area contributed by atoms with Crippen LogP contribution in [0.3, 0.4) is 0 Å². The van der Waals surface area contributed by atoms with Crippen molar-refractivity contribution < 1.29 is 24.5 Å². The molecule has 0 bridgehead atoms. The molecule has 140 valence electrons. The van der Waals surface area contributed by atoms with Gasteiger partial charge in [0.1, 0.15) is 23.6 Å². The fourth-order valence-corrected chi connectivity index (χ4v) is 2.65. The topological polar surface area (TPSA) is 163 Å². The number of carbonyl (C=O) groups excluding carboxylic acids is 1. The van der Waals surface area contributed by atoms with Gasteiger partial charge in [-0.25, -0.2) is 4.79 Å². The number of hydrogen-bond acceptors (Lipinski definition) is 9. The van der Waals surface area contributed by atoms with Crippen molar-refractivity contribution in [3.05, 3.63) is 22.7 Å². The molecule has 10 nitrogen and oxygen atoms in total. The summed E-state index contributed by atoms with van der Waals surface area (Å²) in [5, 5.41) is 20.4. The smallest absolute Gasteiger partial charge is 0.351 e. The second-order valence-electron chi connectivity index (χ2n) is 6.60. The van der Waals surface area contributed by atoms with Crippen LogP contribution < -0.4 is 17.2 Å². The second kappa shape index (κ2) is 7.08. The molecule has 2 unspecified atom stereocenters. The number of nitrogens with two attached hydrogens (primary N) is 2. The molecule has 6 N–H and O–H groups in total. The fraction of sp³-hybridized carbons (Fsp3) is 0.667. The zero-order chi connectivity index (χ0) is 18.9. The minimum Gasteiger partial charge on any atom is -0.455 e. The Hall–Kier alpha value is -2.01. The molecule has 2 rings (SSSR count). The number of aliphatic hydroxyl groups is 2. The highest BCUT2D eigenvalue weighted by molar-refractivity contribution is 5.76. The average Bonchev–Trinajstić information content (AvgIpc) is 2.77. The number of ether oxygens (including phenoxy) is 2. The monoisotopic (exact) mass is 356 g/mol. The summed E-state index contributed by atoms with van der Waals surface area (Å²) in [6, 6.07) is 0.470. The van der Waals surface area contributed by atoms with E-state index in [-0.39, 0.29) is 11.7 Å². The number of nitrogen functional groups attached to an aromatic ring is 1. The summed E-state index contributed by atoms with van der Waals surface area (Å²) in [6.45, 7) is 4.32. The number of hydrogen-bond donors (Lipinski definition) is 4. The van der Waals surface area contributed by atoms with Gasteiger partial charge in [-0.2, -0.15) is 4.98 Å². The summed E-state index contributed by atoms with van der Waals surface area (Å²) in [5.41, 5.74) is 8.67. The Morgan fingerprint density at radius 2 is 2.20 bits per heavy atom. The Kier molecular flexibility index (Phi) is 5.47. The lowest BCUT2D eigenvalue weighted by Gasteiger charge is -2.30. The Labute approximate surface area is 144 Å². The number of anilines is 1. The molecule has 0 saturated carbocycles. The molecule has 1 aromatic heterocycles. The van der Waals surface area contributed by atoms with Crippen LogP contribution in [0.25, 0.3) is 0 Å². The zero-order valence-electron chi connectivity index (χ0n) is 14.3. The van der Waals surface area contributed by atoms with Crippen LogP contribution in [0.1, 0.15) is 27.0 Å². The third-order valence-electron chi connectivity index (χ3n) is 4.23. The second-order valence-corrected chi connectivity index (χ2v) is 6.60. The first-order valence-electron chi connectivity index (χ1n) is 7.89. The molecular weight excluding hydrogens is 332 g/mol. The number of aromatic nitrogens is 2. The molecule has 2 heterocycles. The van der Waals surface area contributed by atoms with E-state index in [1.807, 2.05) is 0 Å². The van der Waals surface area contributed by atoms with Gasteiger partial charge in [0.25, 0.3) is 0 Å². The Bertz CT molecular complexity index is 689. The van der Waals surface area contributed by atoms with Gasteiger partial charge in [-0.05, 0) is 18.9 Å². The van der Waals surface area contributed by atoms with E-state index >= 15 is 0 Å². The van der Waals surface area contributed by atoms with Crippen LogP contribution in [-0.4, -0.2) is 56.2 Å². The van der Waals surface area contributed by atoms with Gasteiger partial charge >= 0.3 is 11.7 Å². The van der Waals surface area contributed by atoms with Crippen molar-refractivity contribution in [2.75, 3.05) is 12.3 Å². The molecule has 1 saturated heterocycles. The van der Waals surface area contributed by atoms with E-state index < -0.39 is 48.3 Å². The molecule has 1 aliphatic rings. The molecule has 1 aliphatic heterocycles. The van der Waals surface area contributed by atoms with Crippen LogP contribution >= 0.6 is 0 Å². The lowest BCUT2D eigenvalue weighted by Crippen LogP contribution is -2.51. The van der Waals surface area contributed by atoms with Crippen LogP contribution in [0.15, 0.2) is 17.1 Å². The van der Waals surface area contributed by atoms with Gasteiger partial charge in [0.05, 0.1) is 6.61 Å². The van der Waals surface area contributed by atoms with Crippen LogP contribution in [0.4, 0.5) is 5.82 Å². The van der Waals surface area contributed by atoms with E-state index in [0.29, 0.717) is 0 Å². The summed E-state index contributed by atoms with van der Waals surface area (Å²) in [7, 11) is 0. The first kappa shape index (κ1) is 19.3. The Morgan fingerprint density at radius 3 is 2.72 bits per heavy atom. The van der Waals surface area contributed by atoms with Crippen LogP contribution in [0.5, 0.6) is 0 Å². The largest absolute Gasteiger partial charge is 0.455 e. The fourth-order valence-electron chi connectivity index (χ4n) is 2.65. The van der Waals surface area contributed by atoms with Gasteiger partial charge in [0, 0.05) is 6.20 Å². The molecule has 0 aromatic carbocycles. The number of nitrogens with zero attached hydrogens (tertiary/aromatic N) is 2. The van der Waals surface area contributed by atoms with Gasteiger partial charge in [0.2, 0.25) is 0 Å². The summed E-state index contributed by atoms with van der Waals surface area (Å²) < 4.78 is 11.9. The quantitative estimate of drug-likeness (QED) is 0.453. The third-order valence-corrected chi connectivity index (χ3v) is 4.23. The predicted octanol–water partition coefficient (Wildman–Crippen LogP) is -1.64. The maximum Gasteiger partial charge on any atom is 0.351 e. The van der Waals surface area contributed by atoms with Gasteiger partial charge in [0.15, 0.2) is 12.3 Å². The van der Waals surface area contributed by atoms with Gasteiger partial charge in [-0.1, -0.05) is 13.8 Å². The molecule has 25 heavy (non-hydrogen) atoms. The van der Waals surface area contributed by atoms with E-state index in [2.05, 4.69) is 4.98 Å². The normalized spacial score (nSPS) is 30.4. The molecule has 0 aliphatic carbocycles. The average molecular weight is 356 g/mol. The predicted molar refractivity (Wildman–Crippen MR) is 87.2 cm³/mol. The molecular formula is C15H24N4O6. The van der Waals surface area contributed by atoms with Gasteiger partial charge < -0.3 is 31.2 Å². The Balaban J connectivity index is 2.32. The highest BCUT2D eigenvalue weighted by Gasteiger charge is 2.56. The SMILES string of the molecule is CC(C)C(N)C(=O)OC1[C@@H](CO)O[C@@H](n2ccc(N)nc2=O)[C@]1(C)O. The zero-order valence-corrected chi connectivity index (χ0v) is 14.3. The molecule has 10 heteroatoms. The number of esters is 1. The van der Waals surface area contributed by atoms with Crippen LogP contribution in [-0.2, 0) is 14.3 Å². The maximum atomic E-state index is 12.2. The molecule has 0 spiro atoms. The van der Waals surface area contributed by atoms with Gasteiger partial charge in [-0.3, -0.25) is 9.36 Å². The minimum atomic E-state index is -1.80. The van der Waals surface area contributed by atoms with Crippen LogP contribution in [0, 0.1) is 5.92 Å². The van der Waals surface area contributed by atoms with E-state index in [1.54, 1.807) is 13.8 Å². The molecule has 1 aromatic rings. The van der Waals surface area contributed by atoms with Crippen molar-refractivity contribution >= 4 is 11.8 Å². The lowest BCUT2D eigenvalue weighted by atomic mass is 9.95. The Morgan fingerprint density at radius 1 is 1.56 bits per heavy atom. The van der Waals surface area contributed by atoms with Crippen molar-refractivity contribution in [1.29, 1.82) is 0 Å². The van der Waals surface area contributed by atoms with Crippen molar-refractivity contribution in [2.24, 2.45) is 11.7 Å². The summed E-state index contributed by atoms with van der Waals surface area (Å²) >= 11 is 0. The highest BCUT2D eigenvalue weighted by Crippen LogP contribution is 2.39. The molecule has 5 atom stereocenters. The van der Waals surface area contributed by atoms with E-state index in [0.717, 1.165) is 4.57 Å². The van der Waals surface area contributed by atoms with Crippen molar-refractivity contribution in [3.8, 4) is 0 Å². The maximum absolute atomic E-state index is 12.2. The number of rotatable bonds is 5. The van der Waals surface area contributed by atoms with E-state index in [9.17, 15) is 19.8 Å². The lowest BCUT2D eigenvalue weighted by molar-refractivity contribution is -0.166. The molecule has 1 fully saturated rings. The van der Waals surface area contributed by atoms with Crippen molar-refractivity contribution in [3.63, 3.8) is 0 Å². The molecule has 0 radical (unpaired) electrons. The van der Waals surface area contributed by atoms with Crippen LogP contribution in [0.2, 0.25) is 0 Å². The van der Waals surface area contributed by atoms with Crippen molar-refractivity contribution in [2.45, 2.75) is 50.8 Å². The minimum absolute atomic E-state index is 0.0171. The summed E-state index contributed by atoms with van der Waals surface area (Å²) in [6.07, 6.45) is -2.17. The molecule has 0 amide bonds. The van der Waals surface area contributed by atoms with E-state index in [1.165, 1.54) is 19.2 Å². The van der Waals surface area contributed by atoms with Crippen molar-refractivity contribution in [1.82, 2.24) is 9.55 Å². The van der Waals surface area contributed by atoms with E-state index in [4.69, 9.17) is 20.9 Å². The highest BCUT2D eigenvalue weighted by atomic mass is 16.6. The standard InChI is InChI=1S/C15H24N4O6/c1-7(2)10(17)12(21)25-11-8(6-20)24-13(15(11,3)23)19-5-4-9(16)18-14(19)22/h4-5,7-8,10-11,13,20,23H,6,17H2,1-3H3,(H2,16,18,22)/t8-,10?,11?,13-,15-/m1/s1. The summed E-state index contributed by atoms with van der Waals surface area (Å²) in [5.74, 6) is -0.888. The third kappa shape index (κ3) is 3.66. The number of carbonyl (C=O) groups is 1. The summed E-state index contributed by atoms with van der Waals surface area (Å²) in [4.78, 5) is 27.8. The number of aliphatic hydroxyl groups excluding tert-OH is 1. The first-order chi connectivity index (χ1) is 11.6. The first-order valence-corrected chi connectivity index (χ1v) is 7.89. The van der Waals surface area contributed by atoms with Gasteiger partial charge in [-0.15, -0.1) is 0 Å².